The minimum absolute atomic E-state index is 0.0654. The monoisotopic (exact) mass is 284 g/mol. The Morgan fingerprint density at radius 3 is 2.50 bits per heavy atom. The molecule has 0 aliphatic heterocycles. The molecule has 0 fully saturated rings. The van der Waals surface area contributed by atoms with E-state index in [2.05, 4.69) is 15.9 Å². The Kier molecular flexibility index (Phi) is 4.68. The van der Waals surface area contributed by atoms with Crippen LogP contribution in [0.25, 0.3) is 0 Å². The number of ketones is 1. The Bertz CT molecular complexity index is 413. The van der Waals surface area contributed by atoms with Gasteiger partial charge in [-0.05, 0) is 25.1 Å². The minimum atomic E-state index is -0.452. The van der Waals surface area contributed by atoms with Gasteiger partial charge < -0.3 is 4.74 Å². The molecular formula is C12H13BrO3. The normalized spacial score (nSPS) is 9.94. The molecule has 0 aliphatic carbocycles. The van der Waals surface area contributed by atoms with E-state index in [1.54, 1.807) is 32.0 Å². The molecule has 0 amide bonds. The van der Waals surface area contributed by atoms with Crippen molar-refractivity contribution in [2.45, 2.75) is 20.3 Å². The first kappa shape index (κ1) is 12.9. The van der Waals surface area contributed by atoms with Gasteiger partial charge in [-0.1, -0.05) is 22.9 Å². The number of benzene rings is 1. The average molecular weight is 285 g/mol. The van der Waals surface area contributed by atoms with E-state index in [0.29, 0.717) is 24.2 Å². The summed E-state index contributed by atoms with van der Waals surface area (Å²) in [5.74, 6) is -0.517. The van der Waals surface area contributed by atoms with Crippen LogP contribution in [0.4, 0.5) is 0 Å². The van der Waals surface area contributed by atoms with Crippen molar-refractivity contribution < 1.29 is 14.3 Å². The van der Waals surface area contributed by atoms with Gasteiger partial charge in [0.25, 0.3) is 0 Å². The van der Waals surface area contributed by atoms with Crippen LogP contribution in [0.2, 0.25) is 0 Å². The van der Waals surface area contributed by atoms with E-state index in [1.165, 1.54) is 0 Å². The fraction of sp³-hybridized carbons (Fsp3) is 0.333. The lowest BCUT2D eigenvalue weighted by Crippen LogP contribution is -2.11. The molecule has 4 heteroatoms. The molecule has 3 nitrogen and oxygen atoms in total. The molecule has 1 rings (SSSR count). The highest BCUT2D eigenvalue weighted by Gasteiger charge is 2.16. The Morgan fingerprint density at radius 2 is 1.94 bits per heavy atom. The third-order valence-electron chi connectivity index (χ3n) is 2.10. The second-order valence-electron chi connectivity index (χ2n) is 3.19. The number of carbonyl (C=O) groups is 2. The van der Waals surface area contributed by atoms with Gasteiger partial charge in [-0.3, -0.25) is 4.79 Å². The molecule has 0 radical (unpaired) electrons. The van der Waals surface area contributed by atoms with Crippen LogP contribution >= 0.6 is 15.9 Å². The zero-order chi connectivity index (χ0) is 12.1. The minimum Gasteiger partial charge on any atom is -0.462 e. The lowest BCUT2D eigenvalue weighted by molar-refractivity contribution is 0.0523. The maximum absolute atomic E-state index is 11.7. The Hall–Kier alpha value is -1.16. The molecule has 0 aliphatic rings. The average Bonchev–Trinajstić information content (AvgIpc) is 2.28. The van der Waals surface area contributed by atoms with E-state index in [4.69, 9.17) is 4.74 Å². The number of hydrogen-bond acceptors (Lipinski definition) is 3. The van der Waals surface area contributed by atoms with Crippen molar-refractivity contribution >= 4 is 27.7 Å². The van der Waals surface area contributed by atoms with E-state index >= 15 is 0 Å². The quantitative estimate of drug-likeness (QED) is 0.630. The van der Waals surface area contributed by atoms with E-state index in [-0.39, 0.29) is 5.78 Å². The summed E-state index contributed by atoms with van der Waals surface area (Å²) in [5, 5.41) is 0. The summed E-state index contributed by atoms with van der Waals surface area (Å²) < 4.78 is 5.67. The first-order valence-corrected chi connectivity index (χ1v) is 5.89. The molecular weight excluding hydrogens is 272 g/mol. The first-order valence-electron chi connectivity index (χ1n) is 5.10. The first-order chi connectivity index (χ1) is 7.60. The van der Waals surface area contributed by atoms with Gasteiger partial charge in [0, 0.05) is 16.5 Å². The van der Waals surface area contributed by atoms with Crippen LogP contribution in [-0.2, 0) is 4.74 Å². The predicted molar refractivity (Wildman–Crippen MR) is 64.7 cm³/mol. The Balaban J connectivity index is 3.17. The molecule has 0 N–H and O–H groups in total. The Morgan fingerprint density at radius 1 is 1.25 bits per heavy atom. The number of ether oxygens (including phenoxy) is 1. The molecule has 0 spiro atoms. The topological polar surface area (TPSA) is 43.4 Å². The molecule has 0 heterocycles. The number of hydrogen-bond donors (Lipinski definition) is 0. The van der Waals surface area contributed by atoms with E-state index in [0.717, 1.165) is 4.47 Å². The highest BCUT2D eigenvalue weighted by molar-refractivity contribution is 9.10. The SMILES string of the molecule is CCOC(=O)c1ccc(Br)cc1C(=O)CC. The molecule has 0 unspecified atom stereocenters. The molecule has 0 atom stereocenters. The lowest BCUT2D eigenvalue weighted by Gasteiger charge is -2.07. The van der Waals surface area contributed by atoms with Crippen molar-refractivity contribution in [3.63, 3.8) is 0 Å². The zero-order valence-electron chi connectivity index (χ0n) is 9.25. The van der Waals surface area contributed by atoms with Crippen LogP contribution < -0.4 is 0 Å². The maximum atomic E-state index is 11.7. The van der Waals surface area contributed by atoms with Gasteiger partial charge in [0.2, 0.25) is 0 Å². The van der Waals surface area contributed by atoms with Crippen LogP contribution in [0.3, 0.4) is 0 Å². The highest BCUT2D eigenvalue weighted by atomic mass is 79.9. The van der Waals surface area contributed by atoms with Gasteiger partial charge in [0.15, 0.2) is 5.78 Å². The maximum Gasteiger partial charge on any atom is 0.338 e. The smallest absolute Gasteiger partial charge is 0.338 e. The van der Waals surface area contributed by atoms with Gasteiger partial charge >= 0.3 is 5.97 Å². The third kappa shape index (κ3) is 2.92. The third-order valence-corrected chi connectivity index (χ3v) is 2.59. The van der Waals surface area contributed by atoms with Gasteiger partial charge in [-0.15, -0.1) is 0 Å². The van der Waals surface area contributed by atoms with Gasteiger partial charge in [-0.2, -0.15) is 0 Å². The van der Waals surface area contributed by atoms with Crippen LogP contribution in [0.15, 0.2) is 22.7 Å². The van der Waals surface area contributed by atoms with Crippen molar-refractivity contribution in [3.8, 4) is 0 Å². The molecule has 0 bridgehead atoms. The molecule has 86 valence electrons. The summed E-state index contributed by atoms with van der Waals surface area (Å²) in [6, 6.07) is 4.97. The summed E-state index contributed by atoms with van der Waals surface area (Å²) in [6.07, 6.45) is 0.364. The summed E-state index contributed by atoms with van der Waals surface area (Å²) in [7, 11) is 0. The van der Waals surface area contributed by atoms with Crippen LogP contribution in [0, 0.1) is 0 Å². The molecule has 0 saturated heterocycles. The van der Waals surface area contributed by atoms with E-state index < -0.39 is 5.97 Å². The molecule has 1 aromatic rings. The van der Waals surface area contributed by atoms with Crippen LogP contribution in [0.5, 0.6) is 0 Å². The highest BCUT2D eigenvalue weighted by Crippen LogP contribution is 2.19. The number of esters is 1. The second kappa shape index (κ2) is 5.80. The largest absolute Gasteiger partial charge is 0.462 e. The zero-order valence-corrected chi connectivity index (χ0v) is 10.8. The van der Waals surface area contributed by atoms with Crippen LogP contribution in [0.1, 0.15) is 41.0 Å². The van der Waals surface area contributed by atoms with Gasteiger partial charge in [0.05, 0.1) is 12.2 Å². The standard InChI is InChI=1S/C12H13BrO3/c1-3-11(14)10-7-8(13)5-6-9(10)12(15)16-4-2/h5-7H,3-4H2,1-2H3. The van der Waals surface area contributed by atoms with Gasteiger partial charge in [-0.25, -0.2) is 4.79 Å². The molecule has 16 heavy (non-hydrogen) atoms. The van der Waals surface area contributed by atoms with Crippen LogP contribution in [-0.4, -0.2) is 18.4 Å². The van der Waals surface area contributed by atoms with Crippen molar-refractivity contribution in [2.75, 3.05) is 6.61 Å². The molecule has 0 aromatic heterocycles. The summed E-state index contributed by atoms with van der Waals surface area (Å²) >= 11 is 3.28. The van der Waals surface area contributed by atoms with E-state index in [9.17, 15) is 9.59 Å². The summed E-state index contributed by atoms with van der Waals surface area (Å²) in [4.78, 5) is 23.3. The van der Waals surface area contributed by atoms with Crippen molar-refractivity contribution in [2.24, 2.45) is 0 Å². The summed E-state index contributed by atoms with van der Waals surface area (Å²) in [6.45, 7) is 3.80. The van der Waals surface area contributed by atoms with Crippen molar-refractivity contribution in [1.29, 1.82) is 0 Å². The van der Waals surface area contributed by atoms with Gasteiger partial charge in [0.1, 0.15) is 0 Å². The summed E-state index contributed by atoms with van der Waals surface area (Å²) in [5.41, 5.74) is 0.743. The fourth-order valence-corrected chi connectivity index (χ4v) is 1.69. The number of Topliss-reactive ketones (excluding diaryl/α,β-unsaturated/α-hetero) is 1. The lowest BCUT2D eigenvalue weighted by atomic mass is 10.0. The fourth-order valence-electron chi connectivity index (χ4n) is 1.32. The second-order valence-corrected chi connectivity index (χ2v) is 4.10. The number of rotatable bonds is 4. The molecule has 0 saturated carbocycles. The predicted octanol–water partition coefficient (Wildman–Crippen LogP) is 3.22. The number of halogens is 1. The number of carbonyl (C=O) groups excluding carboxylic acids is 2. The van der Waals surface area contributed by atoms with Crippen molar-refractivity contribution in [1.82, 2.24) is 0 Å². The molecule has 1 aromatic carbocycles. The van der Waals surface area contributed by atoms with E-state index in [1.807, 2.05) is 0 Å². The van der Waals surface area contributed by atoms with Crippen molar-refractivity contribution in [3.05, 3.63) is 33.8 Å². The Labute approximate surface area is 103 Å².